The Kier molecular flexibility index (Phi) is 5.65. The number of carbonyl (C=O) groups excluding carboxylic acids is 1. The molecule has 0 N–H and O–H groups in total. The molecule has 1 aromatic heterocycles. The van der Waals surface area contributed by atoms with E-state index in [1.165, 1.54) is 0 Å². The number of fused-ring (bicyclic) bond motifs is 1. The van der Waals surface area contributed by atoms with Crippen molar-refractivity contribution >= 4 is 44.5 Å². The maximum Gasteiger partial charge on any atom is 0.224 e. The molecule has 0 aliphatic heterocycles. The molecular weight excluding hydrogens is 354 g/mol. The van der Waals surface area contributed by atoms with Gasteiger partial charge in [-0.2, -0.15) is 0 Å². The van der Waals surface area contributed by atoms with Gasteiger partial charge in [-0.1, -0.05) is 15.9 Å². The Morgan fingerprint density at radius 2 is 2.10 bits per heavy atom. The van der Waals surface area contributed by atoms with Crippen LogP contribution in [0.2, 0.25) is 0 Å². The second-order valence-electron chi connectivity index (χ2n) is 4.76. The van der Waals surface area contributed by atoms with Gasteiger partial charge in [-0.25, -0.2) is 4.98 Å². The quantitative estimate of drug-likeness (QED) is 0.723. The van der Waals surface area contributed by atoms with E-state index in [0.717, 1.165) is 34.4 Å². The van der Waals surface area contributed by atoms with Crippen molar-refractivity contribution in [2.45, 2.75) is 32.7 Å². The molecular formula is C15H19BrClN3O. The second kappa shape index (κ2) is 7.27. The van der Waals surface area contributed by atoms with Crippen molar-refractivity contribution in [3.05, 3.63) is 28.5 Å². The Labute approximate surface area is 138 Å². The van der Waals surface area contributed by atoms with Crippen LogP contribution in [0.4, 0.5) is 0 Å². The molecule has 1 aromatic carbocycles. The highest BCUT2D eigenvalue weighted by molar-refractivity contribution is 9.10. The molecule has 4 nitrogen and oxygen atoms in total. The van der Waals surface area contributed by atoms with Gasteiger partial charge in [0, 0.05) is 30.5 Å². The van der Waals surface area contributed by atoms with Gasteiger partial charge in [0.05, 0.1) is 16.9 Å². The zero-order valence-corrected chi connectivity index (χ0v) is 14.6. The fourth-order valence-electron chi connectivity index (χ4n) is 2.44. The number of amides is 1. The van der Waals surface area contributed by atoms with Crippen LogP contribution in [0.15, 0.2) is 22.7 Å². The summed E-state index contributed by atoms with van der Waals surface area (Å²) in [5.74, 6) is 1.31. The van der Waals surface area contributed by atoms with Crippen molar-refractivity contribution in [2.75, 3.05) is 13.1 Å². The normalized spacial score (nSPS) is 11.0. The zero-order valence-electron chi connectivity index (χ0n) is 12.3. The van der Waals surface area contributed by atoms with Crippen LogP contribution in [0.5, 0.6) is 0 Å². The number of hydrogen-bond acceptors (Lipinski definition) is 2. The molecule has 0 fully saturated rings. The number of nitrogens with zero attached hydrogens (tertiary/aromatic N) is 3. The summed E-state index contributed by atoms with van der Waals surface area (Å²) < 4.78 is 3.03. The molecule has 0 saturated heterocycles. The van der Waals surface area contributed by atoms with E-state index in [-0.39, 0.29) is 5.91 Å². The van der Waals surface area contributed by atoms with Gasteiger partial charge in [0.25, 0.3) is 0 Å². The van der Waals surface area contributed by atoms with E-state index in [9.17, 15) is 4.79 Å². The molecule has 0 saturated carbocycles. The maximum absolute atomic E-state index is 12.2. The summed E-state index contributed by atoms with van der Waals surface area (Å²) in [4.78, 5) is 18.5. The average Bonchev–Trinajstić information content (AvgIpc) is 2.83. The number of rotatable bonds is 6. The summed E-state index contributed by atoms with van der Waals surface area (Å²) in [6, 6.07) is 5.93. The second-order valence-corrected chi connectivity index (χ2v) is 5.95. The first-order chi connectivity index (χ1) is 10.1. The van der Waals surface area contributed by atoms with Gasteiger partial charge in [-0.05, 0) is 32.0 Å². The van der Waals surface area contributed by atoms with Gasteiger partial charge < -0.3 is 9.47 Å². The van der Waals surface area contributed by atoms with E-state index in [0.29, 0.717) is 18.8 Å². The van der Waals surface area contributed by atoms with Crippen LogP contribution in [0, 0.1) is 0 Å². The van der Waals surface area contributed by atoms with Crippen molar-refractivity contribution < 1.29 is 4.79 Å². The third-order valence-electron chi connectivity index (χ3n) is 3.57. The molecule has 0 spiro atoms. The van der Waals surface area contributed by atoms with E-state index < -0.39 is 0 Å². The van der Waals surface area contributed by atoms with Crippen LogP contribution in [0.1, 0.15) is 26.1 Å². The van der Waals surface area contributed by atoms with Crippen LogP contribution < -0.4 is 0 Å². The first-order valence-corrected chi connectivity index (χ1v) is 8.41. The average molecular weight is 373 g/mol. The van der Waals surface area contributed by atoms with E-state index in [2.05, 4.69) is 20.9 Å². The predicted octanol–water partition coefficient (Wildman–Crippen LogP) is 3.80. The number of alkyl halides is 1. The van der Waals surface area contributed by atoms with Gasteiger partial charge in [0.15, 0.2) is 0 Å². The number of aryl methyl sites for hydroxylation is 1. The number of aromatic nitrogens is 2. The van der Waals surface area contributed by atoms with Gasteiger partial charge >= 0.3 is 0 Å². The van der Waals surface area contributed by atoms with Crippen LogP contribution in [-0.4, -0.2) is 33.4 Å². The molecule has 1 amide bonds. The van der Waals surface area contributed by atoms with Gasteiger partial charge in [0.1, 0.15) is 5.82 Å². The fraction of sp³-hybridized carbons (Fsp3) is 0.467. The first-order valence-electron chi connectivity index (χ1n) is 7.09. The van der Waals surface area contributed by atoms with Crippen LogP contribution in [0.25, 0.3) is 11.0 Å². The highest BCUT2D eigenvalue weighted by Gasteiger charge is 2.14. The Morgan fingerprint density at radius 3 is 2.71 bits per heavy atom. The Hall–Kier alpha value is -1.07. The van der Waals surface area contributed by atoms with Crippen molar-refractivity contribution in [1.29, 1.82) is 0 Å². The molecule has 2 aromatic rings. The summed E-state index contributed by atoms with van der Waals surface area (Å²) in [7, 11) is 0. The van der Waals surface area contributed by atoms with Crippen LogP contribution in [0.3, 0.4) is 0 Å². The Morgan fingerprint density at radius 1 is 1.38 bits per heavy atom. The molecule has 114 valence electrons. The van der Waals surface area contributed by atoms with E-state index in [4.69, 9.17) is 11.6 Å². The Balaban J connectivity index is 2.24. The molecule has 2 rings (SSSR count). The topological polar surface area (TPSA) is 38.1 Å². The molecule has 0 radical (unpaired) electrons. The highest BCUT2D eigenvalue weighted by Crippen LogP contribution is 2.22. The molecule has 0 bridgehead atoms. The number of imidazole rings is 1. The van der Waals surface area contributed by atoms with Crippen molar-refractivity contribution in [1.82, 2.24) is 14.5 Å². The molecule has 0 atom stereocenters. The summed E-state index contributed by atoms with van der Waals surface area (Å²) >= 11 is 9.46. The summed E-state index contributed by atoms with van der Waals surface area (Å²) in [6.07, 6.45) is 0.462. The highest BCUT2D eigenvalue weighted by atomic mass is 79.9. The molecule has 0 unspecified atom stereocenters. The first kappa shape index (κ1) is 16.3. The number of carbonyl (C=O) groups is 1. The van der Waals surface area contributed by atoms with Crippen molar-refractivity contribution in [3.8, 4) is 0 Å². The number of hydrogen-bond donors (Lipinski definition) is 0. The van der Waals surface area contributed by atoms with Gasteiger partial charge in [-0.15, -0.1) is 11.6 Å². The van der Waals surface area contributed by atoms with Gasteiger partial charge in [-0.3, -0.25) is 4.79 Å². The third kappa shape index (κ3) is 3.58. The molecule has 6 heteroatoms. The minimum atomic E-state index is 0.164. The Bertz CT molecular complexity index is 637. The fourth-order valence-corrected chi connectivity index (χ4v) is 2.99. The largest absolute Gasteiger partial charge is 0.343 e. The smallest absolute Gasteiger partial charge is 0.224 e. The lowest BCUT2D eigenvalue weighted by Crippen LogP contribution is -2.31. The summed E-state index contributed by atoms with van der Waals surface area (Å²) in [5, 5.41) is 0. The summed E-state index contributed by atoms with van der Waals surface area (Å²) in [6.45, 7) is 6.08. The lowest BCUT2D eigenvalue weighted by atomic mass is 10.3. The van der Waals surface area contributed by atoms with Crippen LogP contribution >= 0.6 is 27.5 Å². The predicted molar refractivity (Wildman–Crippen MR) is 89.5 cm³/mol. The number of benzene rings is 1. The minimum absolute atomic E-state index is 0.164. The standard InChI is InChI=1S/C15H19BrClN3O/c1-3-19(4-2)15(21)7-8-20-13-9-11(16)5-6-12(13)18-14(20)10-17/h5-6,9H,3-4,7-8,10H2,1-2H3. The maximum atomic E-state index is 12.2. The lowest BCUT2D eigenvalue weighted by molar-refractivity contribution is -0.131. The molecule has 21 heavy (non-hydrogen) atoms. The van der Waals surface area contributed by atoms with E-state index in [1.54, 1.807) is 0 Å². The van der Waals surface area contributed by atoms with Gasteiger partial charge in [0.2, 0.25) is 5.91 Å². The number of halogens is 2. The lowest BCUT2D eigenvalue weighted by Gasteiger charge is -2.19. The SMILES string of the molecule is CCN(CC)C(=O)CCn1c(CCl)nc2ccc(Br)cc21. The molecule has 0 aliphatic rings. The van der Waals surface area contributed by atoms with Crippen molar-refractivity contribution in [2.24, 2.45) is 0 Å². The minimum Gasteiger partial charge on any atom is -0.343 e. The van der Waals surface area contributed by atoms with E-state index in [1.807, 2.05) is 41.5 Å². The summed E-state index contributed by atoms with van der Waals surface area (Å²) in [5.41, 5.74) is 1.91. The van der Waals surface area contributed by atoms with E-state index >= 15 is 0 Å². The zero-order chi connectivity index (χ0) is 15.4. The molecule has 1 heterocycles. The monoisotopic (exact) mass is 371 g/mol. The van der Waals surface area contributed by atoms with Crippen molar-refractivity contribution in [3.63, 3.8) is 0 Å². The molecule has 0 aliphatic carbocycles. The third-order valence-corrected chi connectivity index (χ3v) is 4.31. The van der Waals surface area contributed by atoms with Crippen LogP contribution in [-0.2, 0) is 17.2 Å².